The van der Waals surface area contributed by atoms with Gasteiger partial charge >= 0.3 is 0 Å². The zero-order chi connectivity index (χ0) is 21.1. The number of hydrazone groups is 1. The number of carbonyl (C=O) groups is 2. The Hall–Kier alpha value is -4.14. The Morgan fingerprint density at radius 1 is 1.03 bits per heavy atom. The molecule has 1 aliphatic heterocycles. The van der Waals surface area contributed by atoms with Crippen molar-refractivity contribution >= 4 is 23.2 Å². The number of carbonyl (C=O) groups excluding carboxylic acids is 2. The van der Waals surface area contributed by atoms with Gasteiger partial charge in [-0.05, 0) is 48.9 Å². The molecular formula is C21H19N5O4. The van der Waals surface area contributed by atoms with Crippen molar-refractivity contribution in [2.45, 2.75) is 6.92 Å². The maximum absolute atomic E-state index is 12.4. The van der Waals surface area contributed by atoms with Gasteiger partial charge in [-0.2, -0.15) is 10.2 Å². The molecule has 0 atom stereocenters. The number of amides is 2. The number of hydrogen-bond donors (Lipinski definition) is 2. The monoisotopic (exact) mass is 405 g/mol. The summed E-state index contributed by atoms with van der Waals surface area (Å²) in [4.78, 5) is 24.7. The molecule has 3 aromatic rings. The summed E-state index contributed by atoms with van der Waals surface area (Å²) in [6.07, 6.45) is 1.56. The molecule has 9 heteroatoms. The van der Waals surface area contributed by atoms with Crippen molar-refractivity contribution in [3.63, 3.8) is 0 Å². The number of fused-ring (bicyclic) bond motifs is 1. The highest BCUT2D eigenvalue weighted by Gasteiger charge is 2.16. The van der Waals surface area contributed by atoms with E-state index in [9.17, 15) is 9.59 Å². The first-order valence-corrected chi connectivity index (χ1v) is 9.15. The molecule has 0 fully saturated rings. The van der Waals surface area contributed by atoms with Crippen LogP contribution in [0.1, 0.15) is 33.3 Å². The minimum atomic E-state index is -0.367. The summed E-state index contributed by atoms with van der Waals surface area (Å²) >= 11 is 0. The molecule has 1 aliphatic rings. The molecule has 30 heavy (non-hydrogen) atoms. The van der Waals surface area contributed by atoms with Crippen LogP contribution >= 0.6 is 0 Å². The number of nitrogens with one attached hydrogen (secondary N) is 2. The largest absolute Gasteiger partial charge is 0.454 e. The summed E-state index contributed by atoms with van der Waals surface area (Å²) in [5.41, 5.74) is 5.33. The predicted octanol–water partition coefficient (Wildman–Crippen LogP) is 2.56. The van der Waals surface area contributed by atoms with Crippen molar-refractivity contribution in [2.75, 3.05) is 12.1 Å². The molecule has 2 heterocycles. The Labute approximate surface area is 172 Å². The Balaban J connectivity index is 1.44. The van der Waals surface area contributed by atoms with Gasteiger partial charge in [-0.15, -0.1) is 0 Å². The normalized spacial score (nSPS) is 12.5. The Kier molecular flexibility index (Phi) is 5.17. The van der Waals surface area contributed by atoms with Crippen LogP contribution in [0.25, 0.3) is 0 Å². The van der Waals surface area contributed by atoms with Crippen LogP contribution in [-0.2, 0) is 7.05 Å². The van der Waals surface area contributed by atoms with Gasteiger partial charge in [-0.25, -0.2) is 5.43 Å². The third-order valence-corrected chi connectivity index (χ3v) is 4.55. The maximum atomic E-state index is 12.4. The molecule has 0 unspecified atom stereocenters. The summed E-state index contributed by atoms with van der Waals surface area (Å²) in [5.74, 6) is 0.502. The lowest BCUT2D eigenvalue weighted by Gasteiger charge is -2.08. The highest BCUT2D eigenvalue weighted by Crippen LogP contribution is 2.32. The fraction of sp³-hybridized carbons (Fsp3) is 0.143. The van der Waals surface area contributed by atoms with Gasteiger partial charge in [0.1, 0.15) is 5.69 Å². The Morgan fingerprint density at radius 3 is 2.67 bits per heavy atom. The molecule has 1 aromatic heterocycles. The standard InChI is InChI=1S/C21H19N5O4/c1-13(24-25-20(27)15-6-7-18-19(11-15)30-12-29-18)14-4-3-5-16(10-14)23-21(28)17-8-9-22-26(17)2/h3-11H,12H2,1-2H3,(H,23,28)(H,25,27)/b24-13-. The van der Waals surface area contributed by atoms with Gasteiger partial charge in [0.15, 0.2) is 11.5 Å². The van der Waals surface area contributed by atoms with Crippen LogP contribution < -0.4 is 20.2 Å². The van der Waals surface area contributed by atoms with Crippen LogP contribution in [0.15, 0.2) is 59.8 Å². The van der Waals surface area contributed by atoms with E-state index in [4.69, 9.17) is 9.47 Å². The minimum Gasteiger partial charge on any atom is -0.454 e. The van der Waals surface area contributed by atoms with Crippen molar-refractivity contribution in [3.8, 4) is 11.5 Å². The summed E-state index contributed by atoms with van der Waals surface area (Å²) in [6.45, 7) is 1.91. The van der Waals surface area contributed by atoms with Crippen LogP contribution in [0.3, 0.4) is 0 Å². The van der Waals surface area contributed by atoms with E-state index in [2.05, 4.69) is 20.9 Å². The molecular weight excluding hydrogens is 386 g/mol. The van der Waals surface area contributed by atoms with E-state index in [-0.39, 0.29) is 18.6 Å². The molecule has 0 radical (unpaired) electrons. The fourth-order valence-electron chi connectivity index (χ4n) is 2.92. The highest BCUT2D eigenvalue weighted by atomic mass is 16.7. The van der Waals surface area contributed by atoms with Gasteiger partial charge in [0.25, 0.3) is 11.8 Å². The summed E-state index contributed by atoms with van der Waals surface area (Å²) in [5, 5.41) is 11.0. The van der Waals surface area contributed by atoms with Crippen molar-refractivity contribution in [3.05, 3.63) is 71.5 Å². The summed E-state index contributed by atoms with van der Waals surface area (Å²) < 4.78 is 12.0. The third kappa shape index (κ3) is 4.00. The van der Waals surface area contributed by atoms with Gasteiger partial charge < -0.3 is 14.8 Å². The first-order chi connectivity index (χ1) is 14.5. The molecule has 2 aromatic carbocycles. The first kappa shape index (κ1) is 19.2. The van der Waals surface area contributed by atoms with Crippen LogP contribution in [0.2, 0.25) is 0 Å². The van der Waals surface area contributed by atoms with E-state index in [0.717, 1.165) is 5.56 Å². The molecule has 0 spiro atoms. The number of ether oxygens (including phenoxy) is 2. The number of aromatic nitrogens is 2. The van der Waals surface area contributed by atoms with E-state index >= 15 is 0 Å². The molecule has 2 N–H and O–H groups in total. The number of hydrogen-bond acceptors (Lipinski definition) is 6. The smallest absolute Gasteiger partial charge is 0.273 e. The average Bonchev–Trinajstić information content (AvgIpc) is 3.40. The first-order valence-electron chi connectivity index (χ1n) is 9.15. The average molecular weight is 405 g/mol. The Morgan fingerprint density at radius 2 is 1.87 bits per heavy atom. The molecule has 0 bridgehead atoms. The van der Waals surface area contributed by atoms with Crippen molar-refractivity contribution in [1.82, 2.24) is 15.2 Å². The number of aryl methyl sites for hydroxylation is 1. The van der Waals surface area contributed by atoms with Gasteiger partial charge in [-0.3, -0.25) is 14.3 Å². The van der Waals surface area contributed by atoms with E-state index in [1.165, 1.54) is 4.68 Å². The van der Waals surface area contributed by atoms with Gasteiger partial charge in [-0.1, -0.05) is 12.1 Å². The van der Waals surface area contributed by atoms with Crippen LogP contribution in [-0.4, -0.2) is 34.1 Å². The maximum Gasteiger partial charge on any atom is 0.273 e. The van der Waals surface area contributed by atoms with E-state index in [1.807, 2.05) is 6.07 Å². The number of benzene rings is 2. The molecule has 4 rings (SSSR count). The molecule has 0 saturated carbocycles. The van der Waals surface area contributed by atoms with Crippen LogP contribution in [0.4, 0.5) is 5.69 Å². The fourth-order valence-corrected chi connectivity index (χ4v) is 2.92. The second-order valence-corrected chi connectivity index (χ2v) is 6.58. The van der Waals surface area contributed by atoms with Gasteiger partial charge in [0.2, 0.25) is 6.79 Å². The topological polar surface area (TPSA) is 107 Å². The number of rotatable bonds is 5. The van der Waals surface area contributed by atoms with E-state index in [1.54, 1.807) is 62.6 Å². The second-order valence-electron chi connectivity index (χ2n) is 6.58. The lowest BCUT2D eigenvalue weighted by molar-refractivity contribution is 0.0953. The quantitative estimate of drug-likeness (QED) is 0.501. The van der Waals surface area contributed by atoms with E-state index in [0.29, 0.717) is 34.2 Å². The second kappa shape index (κ2) is 8.08. The van der Waals surface area contributed by atoms with Crippen molar-refractivity contribution in [2.24, 2.45) is 12.1 Å². The minimum absolute atomic E-state index is 0.144. The van der Waals surface area contributed by atoms with E-state index < -0.39 is 0 Å². The third-order valence-electron chi connectivity index (χ3n) is 4.55. The summed E-state index contributed by atoms with van der Waals surface area (Å²) in [6, 6.07) is 13.8. The summed E-state index contributed by atoms with van der Waals surface area (Å²) in [7, 11) is 1.70. The molecule has 152 valence electrons. The lowest BCUT2D eigenvalue weighted by atomic mass is 10.1. The molecule has 2 amide bonds. The zero-order valence-electron chi connectivity index (χ0n) is 16.4. The molecule has 0 aliphatic carbocycles. The van der Waals surface area contributed by atoms with Gasteiger partial charge in [0, 0.05) is 24.5 Å². The molecule has 9 nitrogen and oxygen atoms in total. The van der Waals surface area contributed by atoms with Crippen molar-refractivity contribution < 1.29 is 19.1 Å². The Bertz CT molecular complexity index is 1150. The van der Waals surface area contributed by atoms with Crippen molar-refractivity contribution in [1.29, 1.82) is 0 Å². The molecule has 0 saturated heterocycles. The highest BCUT2D eigenvalue weighted by molar-refractivity contribution is 6.05. The van der Waals surface area contributed by atoms with Crippen LogP contribution in [0.5, 0.6) is 11.5 Å². The number of nitrogens with zero attached hydrogens (tertiary/aromatic N) is 3. The van der Waals surface area contributed by atoms with Gasteiger partial charge in [0.05, 0.1) is 5.71 Å². The predicted molar refractivity (Wildman–Crippen MR) is 110 cm³/mol. The van der Waals surface area contributed by atoms with Crippen LogP contribution in [0, 0.1) is 0 Å². The lowest BCUT2D eigenvalue weighted by Crippen LogP contribution is -2.19. The zero-order valence-corrected chi connectivity index (χ0v) is 16.4. The SMILES string of the molecule is C/C(=N/NC(=O)c1ccc2c(c1)OCO2)c1cccc(NC(=O)c2ccnn2C)c1. The number of anilines is 1.